The summed E-state index contributed by atoms with van der Waals surface area (Å²) >= 11 is 0. The van der Waals surface area contributed by atoms with Crippen LogP contribution in [0.1, 0.15) is 24.8 Å². The first kappa shape index (κ1) is 15.3. The minimum absolute atomic E-state index is 0.351. The first-order chi connectivity index (χ1) is 10.7. The summed E-state index contributed by atoms with van der Waals surface area (Å²) in [5.74, 6) is 0.351. The third-order valence-corrected chi connectivity index (χ3v) is 4.90. The topological polar surface area (TPSA) is 26.8 Å². The summed E-state index contributed by atoms with van der Waals surface area (Å²) in [4.78, 5) is 18.7. The molecule has 0 aliphatic carbocycles. The van der Waals surface area contributed by atoms with Crippen LogP contribution in [0.4, 0.5) is 5.69 Å². The number of hydrogen-bond donors (Lipinski definition) is 0. The first-order valence-corrected chi connectivity index (χ1v) is 8.55. The summed E-state index contributed by atoms with van der Waals surface area (Å²) in [6, 6.07) is 8.65. The van der Waals surface area contributed by atoms with Gasteiger partial charge in [0.15, 0.2) is 0 Å². The van der Waals surface area contributed by atoms with E-state index in [9.17, 15) is 4.79 Å². The SMILES string of the molecule is Cc1ccccc1N1CCN(CCCN2CCCC2=O)CC1. The summed E-state index contributed by atoms with van der Waals surface area (Å²) in [5, 5.41) is 0. The fraction of sp³-hybridized carbons (Fsp3) is 0.611. The van der Waals surface area contributed by atoms with Crippen LogP contribution in [0.15, 0.2) is 24.3 Å². The van der Waals surface area contributed by atoms with E-state index in [-0.39, 0.29) is 0 Å². The van der Waals surface area contributed by atoms with Gasteiger partial charge in [0.2, 0.25) is 5.91 Å². The van der Waals surface area contributed by atoms with Crippen molar-refractivity contribution in [1.82, 2.24) is 9.80 Å². The molecule has 0 atom stereocenters. The summed E-state index contributed by atoms with van der Waals surface area (Å²) < 4.78 is 0. The van der Waals surface area contributed by atoms with Crippen molar-refractivity contribution < 1.29 is 4.79 Å². The van der Waals surface area contributed by atoms with Crippen LogP contribution in [0, 0.1) is 6.92 Å². The smallest absolute Gasteiger partial charge is 0.222 e. The molecule has 0 unspecified atom stereocenters. The van der Waals surface area contributed by atoms with Crippen molar-refractivity contribution >= 4 is 11.6 Å². The molecule has 1 aromatic carbocycles. The fourth-order valence-electron chi connectivity index (χ4n) is 3.56. The van der Waals surface area contributed by atoms with Gasteiger partial charge in [0.05, 0.1) is 0 Å². The molecule has 0 bridgehead atoms. The van der Waals surface area contributed by atoms with E-state index in [0.29, 0.717) is 5.91 Å². The van der Waals surface area contributed by atoms with Crippen LogP contribution in [-0.4, -0.2) is 61.5 Å². The standard InChI is InChI=1S/C18H27N3O/c1-16-6-2-3-7-17(16)20-14-12-19(13-15-20)9-5-11-21-10-4-8-18(21)22/h2-3,6-7H,4-5,8-15H2,1H3. The molecule has 120 valence electrons. The minimum atomic E-state index is 0.351. The maximum atomic E-state index is 11.6. The summed E-state index contributed by atoms with van der Waals surface area (Å²) in [7, 11) is 0. The average molecular weight is 301 g/mol. The maximum Gasteiger partial charge on any atom is 0.222 e. The lowest BCUT2D eigenvalue weighted by atomic mass is 10.1. The van der Waals surface area contributed by atoms with E-state index in [2.05, 4.69) is 41.0 Å². The van der Waals surface area contributed by atoms with Crippen LogP contribution >= 0.6 is 0 Å². The second-order valence-electron chi connectivity index (χ2n) is 6.45. The van der Waals surface area contributed by atoms with Gasteiger partial charge in [-0.3, -0.25) is 9.69 Å². The van der Waals surface area contributed by atoms with Crippen LogP contribution in [0.25, 0.3) is 0 Å². The Balaban J connectivity index is 1.40. The highest BCUT2D eigenvalue weighted by Crippen LogP contribution is 2.20. The van der Waals surface area contributed by atoms with Gasteiger partial charge in [0, 0.05) is 51.4 Å². The average Bonchev–Trinajstić information content (AvgIpc) is 2.94. The molecule has 4 nitrogen and oxygen atoms in total. The number of para-hydroxylation sites is 1. The van der Waals surface area contributed by atoms with Gasteiger partial charge in [0.25, 0.3) is 0 Å². The van der Waals surface area contributed by atoms with E-state index in [1.165, 1.54) is 11.3 Å². The summed E-state index contributed by atoms with van der Waals surface area (Å²) in [6.07, 6.45) is 2.92. The molecule has 4 heteroatoms. The van der Waals surface area contributed by atoms with Crippen molar-refractivity contribution in [3.8, 4) is 0 Å². The van der Waals surface area contributed by atoms with Gasteiger partial charge in [-0.2, -0.15) is 0 Å². The molecule has 2 aliphatic heterocycles. The molecular formula is C18H27N3O. The number of benzene rings is 1. The van der Waals surface area contributed by atoms with Gasteiger partial charge in [-0.25, -0.2) is 0 Å². The number of aryl methyl sites for hydroxylation is 1. The van der Waals surface area contributed by atoms with Gasteiger partial charge >= 0.3 is 0 Å². The Hall–Kier alpha value is -1.55. The Bertz CT molecular complexity index is 509. The zero-order chi connectivity index (χ0) is 15.4. The number of hydrogen-bond acceptors (Lipinski definition) is 3. The number of nitrogens with zero attached hydrogens (tertiary/aromatic N) is 3. The lowest BCUT2D eigenvalue weighted by Gasteiger charge is -2.37. The highest BCUT2D eigenvalue weighted by Gasteiger charge is 2.21. The third kappa shape index (κ3) is 3.61. The van der Waals surface area contributed by atoms with Crippen LogP contribution in [0.3, 0.4) is 0 Å². The predicted molar refractivity (Wildman–Crippen MR) is 90.3 cm³/mol. The van der Waals surface area contributed by atoms with E-state index in [1.54, 1.807) is 0 Å². The van der Waals surface area contributed by atoms with Crippen molar-refractivity contribution in [2.24, 2.45) is 0 Å². The lowest BCUT2D eigenvalue weighted by molar-refractivity contribution is -0.127. The van der Waals surface area contributed by atoms with Crippen LogP contribution in [-0.2, 0) is 4.79 Å². The second kappa shape index (κ2) is 7.14. The quantitative estimate of drug-likeness (QED) is 0.833. The number of carbonyl (C=O) groups excluding carboxylic acids is 1. The third-order valence-electron chi connectivity index (χ3n) is 4.90. The minimum Gasteiger partial charge on any atom is -0.369 e. The van der Waals surface area contributed by atoms with Crippen LogP contribution < -0.4 is 4.90 Å². The fourth-order valence-corrected chi connectivity index (χ4v) is 3.56. The van der Waals surface area contributed by atoms with Crippen LogP contribution in [0.5, 0.6) is 0 Å². The van der Waals surface area contributed by atoms with Crippen molar-refractivity contribution in [1.29, 1.82) is 0 Å². The van der Waals surface area contributed by atoms with E-state index >= 15 is 0 Å². The number of anilines is 1. The Labute approximate surface area is 133 Å². The van der Waals surface area contributed by atoms with Gasteiger partial charge in [0.1, 0.15) is 0 Å². The summed E-state index contributed by atoms with van der Waals surface area (Å²) in [6.45, 7) is 9.68. The Morgan fingerprint density at radius 3 is 2.45 bits per heavy atom. The molecule has 2 aliphatic rings. The monoisotopic (exact) mass is 301 g/mol. The molecule has 22 heavy (non-hydrogen) atoms. The van der Waals surface area contributed by atoms with E-state index in [4.69, 9.17) is 0 Å². The van der Waals surface area contributed by atoms with Gasteiger partial charge in [-0.1, -0.05) is 18.2 Å². The molecule has 0 spiro atoms. The summed E-state index contributed by atoms with van der Waals surface area (Å²) in [5.41, 5.74) is 2.74. The number of amides is 1. The number of rotatable bonds is 5. The Morgan fingerprint density at radius 1 is 1.00 bits per heavy atom. The first-order valence-electron chi connectivity index (χ1n) is 8.55. The molecular weight excluding hydrogens is 274 g/mol. The molecule has 2 fully saturated rings. The van der Waals surface area contributed by atoms with Crippen molar-refractivity contribution in [2.45, 2.75) is 26.2 Å². The molecule has 2 heterocycles. The number of likely N-dealkylation sites (tertiary alicyclic amines) is 1. The predicted octanol–water partition coefficient (Wildman–Crippen LogP) is 2.13. The van der Waals surface area contributed by atoms with Crippen molar-refractivity contribution in [3.63, 3.8) is 0 Å². The van der Waals surface area contributed by atoms with E-state index < -0.39 is 0 Å². The van der Waals surface area contributed by atoms with Gasteiger partial charge in [-0.15, -0.1) is 0 Å². The highest BCUT2D eigenvalue weighted by atomic mass is 16.2. The van der Waals surface area contributed by atoms with Gasteiger partial charge < -0.3 is 9.80 Å². The molecule has 3 rings (SSSR count). The Kier molecular flexibility index (Phi) is 4.98. The lowest BCUT2D eigenvalue weighted by Crippen LogP contribution is -2.47. The number of carbonyl (C=O) groups is 1. The number of piperazine rings is 1. The van der Waals surface area contributed by atoms with E-state index in [1.807, 2.05) is 4.90 Å². The zero-order valence-corrected chi connectivity index (χ0v) is 13.6. The molecule has 0 saturated carbocycles. The maximum absolute atomic E-state index is 11.6. The molecule has 0 N–H and O–H groups in total. The largest absolute Gasteiger partial charge is 0.369 e. The van der Waals surface area contributed by atoms with Gasteiger partial charge in [-0.05, 0) is 37.9 Å². The molecule has 1 amide bonds. The zero-order valence-electron chi connectivity index (χ0n) is 13.6. The molecule has 2 saturated heterocycles. The van der Waals surface area contributed by atoms with Crippen molar-refractivity contribution in [2.75, 3.05) is 50.7 Å². The highest BCUT2D eigenvalue weighted by molar-refractivity contribution is 5.77. The van der Waals surface area contributed by atoms with E-state index in [0.717, 1.165) is 65.1 Å². The van der Waals surface area contributed by atoms with Crippen molar-refractivity contribution in [3.05, 3.63) is 29.8 Å². The Morgan fingerprint density at radius 2 is 1.77 bits per heavy atom. The van der Waals surface area contributed by atoms with Crippen LogP contribution in [0.2, 0.25) is 0 Å². The molecule has 0 radical (unpaired) electrons. The molecule has 0 aromatic heterocycles. The second-order valence-corrected chi connectivity index (χ2v) is 6.45. The normalized spacial score (nSPS) is 20.0. The molecule has 1 aromatic rings.